The second-order valence-electron chi connectivity index (χ2n) is 8.97. The Bertz CT molecular complexity index is 1440. The van der Waals surface area contributed by atoms with Crippen molar-refractivity contribution >= 4 is 11.9 Å². The lowest BCUT2D eigenvalue weighted by atomic mass is 9.88. The van der Waals surface area contributed by atoms with Crippen LogP contribution in [-0.4, -0.2) is 58.1 Å². The van der Waals surface area contributed by atoms with Gasteiger partial charge in [0.05, 0.1) is 30.8 Å². The number of alkyl halides is 3. The first-order chi connectivity index (χ1) is 18.2. The number of halogens is 3. The number of amides is 1. The Labute approximate surface area is 215 Å². The standard InChI is InChI=1S/C27H23F3N4O4/c1-37-25(35)21-13-20(14-22(15-21)34-16-23(31-32-34)24-3-2-12-38-24)18-6-4-17(5-7-18)19-8-10-33(11-9-19)26(36)27(28,29)30/h2-7,12-16,19H,8-11H2,1H3. The fourth-order valence-corrected chi connectivity index (χ4v) is 4.62. The Morgan fingerprint density at radius 1 is 1.03 bits per heavy atom. The van der Waals surface area contributed by atoms with Crippen molar-refractivity contribution in [1.82, 2.24) is 19.9 Å². The Balaban J connectivity index is 1.38. The normalized spacial score (nSPS) is 14.5. The van der Waals surface area contributed by atoms with Crippen LogP contribution in [0.25, 0.3) is 28.3 Å². The van der Waals surface area contributed by atoms with E-state index in [0.29, 0.717) is 35.5 Å². The molecule has 5 rings (SSSR count). The summed E-state index contributed by atoms with van der Waals surface area (Å²) in [4.78, 5) is 24.8. The minimum atomic E-state index is -4.85. The Hall–Kier alpha value is -4.41. The molecular formula is C27H23F3N4O4. The molecule has 4 aromatic rings. The van der Waals surface area contributed by atoms with Crippen molar-refractivity contribution in [2.75, 3.05) is 20.2 Å². The summed E-state index contributed by atoms with van der Waals surface area (Å²) < 4.78 is 50.0. The number of hydrogen-bond acceptors (Lipinski definition) is 6. The molecule has 1 amide bonds. The molecule has 38 heavy (non-hydrogen) atoms. The fraction of sp³-hybridized carbons (Fsp3) is 0.259. The van der Waals surface area contributed by atoms with E-state index in [4.69, 9.17) is 9.15 Å². The van der Waals surface area contributed by atoms with Gasteiger partial charge in [-0.2, -0.15) is 13.2 Å². The van der Waals surface area contributed by atoms with Crippen LogP contribution in [0.4, 0.5) is 13.2 Å². The van der Waals surface area contributed by atoms with Crippen LogP contribution in [0.1, 0.15) is 34.7 Å². The van der Waals surface area contributed by atoms with Gasteiger partial charge in [-0.05, 0) is 65.8 Å². The van der Waals surface area contributed by atoms with Crippen molar-refractivity contribution in [3.63, 3.8) is 0 Å². The molecule has 2 aromatic heterocycles. The average Bonchev–Trinajstić information content (AvgIpc) is 3.64. The van der Waals surface area contributed by atoms with E-state index in [1.54, 1.807) is 36.7 Å². The number of likely N-dealkylation sites (tertiary alicyclic amines) is 1. The maximum atomic E-state index is 12.7. The number of furan rings is 1. The summed E-state index contributed by atoms with van der Waals surface area (Å²) in [6, 6.07) is 16.4. The number of esters is 1. The van der Waals surface area contributed by atoms with Crippen LogP contribution in [0, 0.1) is 0 Å². The highest BCUT2D eigenvalue weighted by Gasteiger charge is 2.43. The maximum absolute atomic E-state index is 12.7. The second kappa shape index (κ2) is 10.2. The van der Waals surface area contributed by atoms with Crippen LogP contribution in [0.15, 0.2) is 71.5 Å². The molecule has 0 saturated carbocycles. The fourth-order valence-electron chi connectivity index (χ4n) is 4.62. The molecule has 0 aliphatic carbocycles. The number of rotatable bonds is 5. The van der Waals surface area contributed by atoms with Gasteiger partial charge in [0, 0.05) is 13.1 Å². The van der Waals surface area contributed by atoms with Crippen molar-refractivity contribution in [2.45, 2.75) is 24.9 Å². The third-order valence-electron chi connectivity index (χ3n) is 6.61. The van der Waals surface area contributed by atoms with Crippen molar-refractivity contribution in [3.05, 3.63) is 78.2 Å². The lowest BCUT2D eigenvalue weighted by Crippen LogP contribution is -2.45. The smallest absolute Gasteiger partial charge is 0.465 e. The van der Waals surface area contributed by atoms with E-state index < -0.39 is 18.1 Å². The third kappa shape index (κ3) is 5.17. The maximum Gasteiger partial charge on any atom is 0.471 e. The van der Waals surface area contributed by atoms with Gasteiger partial charge in [0.15, 0.2) is 5.76 Å². The van der Waals surface area contributed by atoms with E-state index in [-0.39, 0.29) is 19.0 Å². The molecule has 0 unspecified atom stereocenters. The first-order valence-electron chi connectivity index (χ1n) is 11.9. The van der Waals surface area contributed by atoms with E-state index >= 15 is 0 Å². The molecule has 11 heteroatoms. The van der Waals surface area contributed by atoms with Crippen molar-refractivity contribution in [2.24, 2.45) is 0 Å². The summed E-state index contributed by atoms with van der Waals surface area (Å²) in [6.45, 7) is 0.125. The SMILES string of the molecule is COC(=O)c1cc(-c2ccc(C3CCN(C(=O)C(F)(F)F)CC3)cc2)cc(-n2cc(-c3ccco3)nn2)c1. The zero-order valence-electron chi connectivity index (χ0n) is 20.3. The average molecular weight is 524 g/mol. The minimum absolute atomic E-state index is 0.0495. The molecule has 0 bridgehead atoms. The number of aromatic nitrogens is 3. The van der Waals surface area contributed by atoms with Crippen LogP contribution in [-0.2, 0) is 9.53 Å². The number of methoxy groups -OCH3 is 1. The summed E-state index contributed by atoms with van der Waals surface area (Å²) in [5, 5.41) is 8.31. The van der Waals surface area contributed by atoms with E-state index in [1.807, 2.05) is 30.3 Å². The predicted octanol–water partition coefficient (Wildman–Crippen LogP) is 5.25. The molecule has 1 saturated heterocycles. The van der Waals surface area contributed by atoms with Crippen molar-refractivity contribution in [1.29, 1.82) is 0 Å². The highest BCUT2D eigenvalue weighted by molar-refractivity contribution is 5.92. The first kappa shape index (κ1) is 25.2. The Kier molecular flexibility index (Phi) is 6.75. The molecule has 1 fully saturated rings. The molecule has 0 spiro atoms. The van der Waals surface area contributed by atoms with E-state index in [1.165, 1.54) is 11.8 Å². The lowest BCUT2D eigenvalue weighted by Gasteiger charge is -2.32. The van der Waals surface area contributed by atoms with Gasteiger partial charge in [0.2, 0.25) is 0 Å². The van der Waals surface area contributed by atoms with Gasteiger partial charge in [-0.1, -0.05) is 29.5 Å². The summed E-state index contributed by atoms with van der Waals surface area (Å²) >= 11 is 0. The molecule has 8 nitrogen and oxygen atoms in total. The van der Waals surface area contributed by atoms with Gasteiger partial charge in [-0.3, -0.25) is 4.79 Å². The van der Waals surface area contributed by atoms with Gasteiger partial charge >= 0.3 is 18.1 Å². The summed E-state index contributed by atoms with van der Waals surface area (Å²) in [5.74, 6) is -1.68. The number of carbonyl (C=O) groups excluding carboxylic acids is 2. The van der Waals surface area contributed by atoms with Crippen LogP contribution in [0.5, 0.6) is 0 Å². The van der Waals surface area contributed by atoms with Crippen LogP contribution in [0.2, 0.25) is 0 Å². The zero-order chi connectivity index (χ0) is 26.9. The summed E-state index contributed by atoms with van der Waals surface area (Å²) in [6.07, 6.45) is -0.711. The highest BCUT2D eigenvalue weighted by Crippen LogP contribution is 2.32. The summed E-state index contributed by atoms with van der Waals surface area (Å²) in [5.41, 5.74) is 4.02. The van der Waals surface area contributed by atoms with Gasteiger partial charge in [-0.25, -0.2) is 9.48 Å². The topological polar surface area (TPSA) is 90.5 Å². The molecule has 1 aliphatic heterocycles. The molecule has 0 atom stereocenters. The van der Waals surface area contributed by atoms with Crippen molar-refractivity contribution < 1.29 is 31.9 Å². The number of hydrogen-bond donors (Lipinski definition) is 0. The van der Waals surface area contributed by atoms with Gasteiger partial charge in [0.1, 0.15) is 5.69 Å². The molecule has 0 radical (unpaired) electrons. The number of ether oxygens (including phenoxy) is 1. The lowest BCUT2D eigenvalue weighted by molar-refractivity contribution is -0.186. The number of benzene rings is 2. The largest absolute Gasteiger partial charge is 0.471 e. The van der Waals surface area contributed by atoms with E-state index in [0.717, 1.165) is 21.6 Å². The Morgan fingerprint density at radius 2 is 1.76 bits per heavy atom. The van der Waals surface area contributed by atoms with Crippen LogP contribution >= 0.6 is 0 Å². The zero-order valence-corrected chi connectivity index (χ0v) is 20.3. The molecule has 1 aliphatic rings. The van der Waals surface area contributed by atoms with E-state index in [9.17, 15) is 22.8 Å². The minimum Gasteiger partial charge on any atom is -0.465 e. The van der Waals surface area contributed by atoms with Crippen LogP contribution in [0.3, 0.4) is 0 Å². The quantitative estimate of drug-likeness (QED) is 0.331. The van der Waals surface area contributed by atoms with Gasteiger partial charge in [0.25, 0.3) is 0 Å². The first-order valence-corrected chi connectivity index (χ1v) is 11.9. The van der Waals surface area contributed by atoms with Gasteiger partial charge < -0.3 is 14.1 Å². The highest BCUT2D eigenvalue weighted by atomic mass is 19.4. The van der Waals surface area contributed by atoms with Crippen molar-refractivity contribution in [3.8, 4) is 28.3 Å². The van der Waals surface area contributed by atoms with E-state index in [2.05, 4.69) is 10.3 Å². The number of nitrogens with zero attached hydrogens (tertiary/aromatic N) is 4. The second-order valence-corrected chi connectivity index (χ2v) is 8.97. The molecular weight excluding hydrogens is 501 g/mol. The third-order valence-corrected chi connectivity index (χ3v) is 6.61. The summed E-state index contributed by atoms with van der Waals surface area (Å²) in [7, 11) is 1.31. The molecule has 3 heterocycles. The van der Waals surface area contributed by atoms with Crippen LogP contribution < -0.4 is 0 Å². The predicted molar refractivity (Wildman–Crippen MR) is 130 cm³/mol. The molecule has 0 N–H and O–H groups in total. The molecule has 196 valence electrons. The Morgan fingerprint density at radius 3 is 2.39 bits per heavy atom. The monoisotopic (exact) mass is 524 g/mol. The van der Waals surface area contributed by atoms with Gasteiger partial charge in [-0.15, -0.1) is 5.10 Å². The molecule has 2 aromatic carbocycles. The number of piperidine rings is 1. The number of carbonyl (C=O) groups is 2.